The SMILES string of the molecule is C/C=C/CC(NC(=O)C(C)(C)n1cc([N+](=O)[O-])cn1)C(=O)O. The van der Waals surface area contributed by atoms with Crippen molar-refractivity contribution in [3.63, 3.8) is 0 Å². The fraction of sp³-hybridized carbons (Fsp3) is 0.462. The first-order valence-electron chi connectivity index (χ1n) is 6.54. The van der Waals surface area contributed by atoms with Crippen LogP contribution in [-0.4, -0.2) is 37.7 Å². The van der Waals surface area contributed by atoms with Crippen molar-refractivity contribution in [2.75, 3.05) is 0 Å². The molecule has 0 bridgehead atoms. The second-order valence-corrected chi connectivity index (χ2v) is 5.13. The van der Waals surface area contributed by atoms with E-state index in [4.69, 9.17) is 5.11 Å². The van der Waals surface area contributed by atoms with Crippen LogP contribution in [0.1, 0.15) is 27.2 Å². The predicted molar refractivity (Wildman–Crippen MR) is 77.2 cm³/mol. The van der Waals surface area contributed by atoms with Crippen molar-refractivity contribution in [2.24, 2.45) is 0 Å². The molecule has 9 nitrogen and oxygen atoms in total. The number of nitrogens with one attached hydrogen (secondary N) is 1. The number of carboxylic acids is 1. The topological polar surface area (TPSA) is 127 Å². The summed E-state index contributed by atoms with van der Waals surface area (Å²) >= 11 is 0. The smallest absolute Gasteiger partial charge is 0.326 e. The summed E-state index contributed by atoms with van der Waals surface area (Å²) in [7, 11) is 0. The predicted octanol–water partition coefficient (Wildman–Crippen LogP) is 1.06. The summed E-state index contributed by atoms with van der Waals surface area (Å²) in [5, 5.41) is 26.0. The van der Waals surface area contributed by atoms with E-state index >= 15 is 0 Å². The summed E-state index contributed by atoms with van der Waals surface area (Å²) in [6.07, 6.45) is 5.62. The molecule has 0 spiro atoms. The lowest BCUT2D eigenvalue weighted by Gasteiger charge is -2.25. The number of allylic oxidation sites excluding steroid dienone is 1. The molecule has 1 rings (SSSR count). The van der Waals surface area contributed by atoms with Gasteiger partial charge in [-0.25, -0.2) is 4.79 Å². The number of amides is 1. The molecular weight excluding hydrogens is 292 g/mol. The summed E-state index contributed by atoms with van der Waals surface area (Å²) in [4.78, 5) is 33.5. The maximum Gasteiger partial charge on any atom is 0.326 e. The van der Waals surface area contributed by atoms with Crippen molar-refractivity contribution in [2.45, 2.75) is 38.8 Å². The molecule has 1 aromatic rings. The largest absolute Gasteiger partial charge is 0.480 e. The maximum atomic E-state index is 12.3. The van der Waals surface area contributed by atoms with E-state index in [1.165, 1.54) is 13.8 Å². The third-order valence-electron chi connectivity index (χ3n) is 3.12. The van der Waals surface area contributed by atoms with Crippen LogP contribution in [0.5, 0.6) is 0 Å². The standard InChI is InChI=1S/C13H18N4O5/c1-4-5-6-10(11(18)19)15-12(20)13(2,3)16-8-9(7-14-16)17(21)22/h4-5,7-8,10H,6H2,1-3H3,(H,15,20)(H,18,19)/b5-4+. The number of rotatable bonds is 7. The lowest BCUT2D eigenvalue weighted by Crippen LogP contribution is -2.50. The van der Waals surface area contributed by atoms with Gasteiger partial charge in [-0.1, -0.05) is 12.2 Å². The van der Waals surface area contributed by atoms with E-state index in [1.54, 1.807) is 19.1 Å². The molecule has 1 heterocycles. The van der Waals surface area contributed by atoms with Gasteiger partial charge in [-0.15, -0.1) is 0 Å². The molecule has 0 aliphatic carbocycles. The van der Waals surface area contributed by atoms with Crippen LogP contribution in [0.15, 0.2) is 24.5 Å². The molecule has 22 heavy (non-hydrogen) atoms. The Morgan fingerprint density at radius 1 is 1.59 bits per heavy atom. The molecule has 2 N–H and O–H groups in total. The fourth-order valence-electron chi connectivity index (χ4n) is 1.65. The highest BCUT2D eigenvalue weighted by Crippen LogP contribution is 2.19. The maximum absolute atomic E-state index is 12.3. The summed E-state index contributed by atoms with van der Waals surface area (Å²) in [5.41, 5.74) is -1.51. The van der Waals surface area contributed by atoms with E-state index in [1.807, 2.05) is 0 Å². The molecule has 0 aliphatic rings. The van der Waals surface area contributed by atoms with Gasteiger partial charge in [0, 0.05) is 0 Å². The first-order chi connectivity index (χ1) is 10.2. The fourth-order valence-corrected chi connectivity index (χ4v) is 1.65. The molecule has 1 atom stereocenters. The number of carbonyl (C=O) groups excluding carboxylic acids is 1. The number of hydrogen-bond acceptors (Lipinski definition) is 5. The number of aliphatic carboxylic acids is 1. The van der Waals surface area contributed by atoms with Crippen LogP contribution in [0.2, 0.25) is 0 Å². The number of aromatic nitrogens is 2. The van der Waals surface area contributed by atoms with Crippen molar-refractivity contribution >= 4 is 17.6 Å². The number of hydrogen-bond donors (Lipinski definition) is 2. The quantitative estimate of drug-likeness (QED) is 0.440. The Balaban J connectivity index is 2.92. The van der Waals surface area contributed by atoms with Crippen LogP contribution < -0.4 is 5.32 Å². The highest BCUT2D eigenvalue weighted by molar-refractivity contribution is 5.88. The van der Waals surface area contributed by atoms with Gasteiger partial charge in [-0.05, 0) is 27.2 Å². The molecule has 0 fully saturated rings. The minimum absolute atomic E-state index is 0.146. The average molecular weight is 310 g/mol. The van der Waals surface area contributed by atoms with Gasteiger partial charge in [0.2, 0.25) is 5.91 Å². The van der Waals surface area contributed by atoms with Gasteiger partial charge in [0.1, 0.15) is 24.0 Å². The zero-order valence-corrected chi connectivity index (χ0v) is 12.5. The van der Waals surface area contributed by atoms with Crippen LogP contribution in [0, 0.1) is 10.1 Å². The van der Waals surface area contributed by atoms with Crippen molar-refractivity contribution in [1.29, 1.82) is 0 Å². The van der Waals surface area contributed by atoms with Crippen LogP contribution in [0.4, 0.5) is 5.69 Å². The van der Waals surface area contributed by atoms with Crippen LogP contribution in [-0.2, 0) is 15.1 Å². The van der Waals surface area contributed by atoms with E-state index < -0.39 is 28.4 Å². The second-order valence-electron chi connectivity index (χ2n) is 5.13. The lowest BCUT2D eigenvalue weighted by atomic mass is 10.0. The van der Waals surface area contributed by atoms with Gasteiger partial charge in [0.15, 0.2) is 0 Å². The normalized spacial score (nSPS) is 13.0. The van der Waals surface area contributed by atoms with Gasteiger partial charge >= 0.3 is 11.7 Å². The van der Waals surface area contributed by atoms with E-state index in [-0.39, 0.29) is 12.1 Å². The summed E-state index contributed by atoms with van der Waals surface area (Å²) in [5.74, 6) is -1.75. The van der Waals surface area contributed by atoms with E-state index in [9.17, 15) is 19.7 Å². The summed E-state index contributed by atoms with van der Waals surface area (Å²) in [6, 6.07) is -1.08. The number of nitrogens with zero attached hydrogens (tertiary/aromatic N) is 3. The molecule has 1 aromatic heterocycles. The molecular formula is C13H18N4O5. The van der Waals surface area contributed by atoms with Crippen LogP contribution in [0.3, 0.4) is 0 Å². The molecule has 0 saturated heterocycles. The molecule has 0 radical (unpaired) electrons. The Labute approximate surface area is 126 Å². The summed E-state index contributed by atoms with van der Waals surface area (Å²) < 4.78 is 1.13. The molecule has 0 aromatic carbocycles. The van der Waals surface area contributed by atoms with E-state index in [2.05, 4.69) is 10.4 Å². The number of carbonyl (C=O) groups is 2. The van der Waals surface area contributed by atoms with E-state index in [0.29, 0.717) is 0 Å². The Kier molecular flexibility index (Phi) is 5.39. The van der Waals surface area contributed by atoms with Crippen LogP contribution in [0.25, 0.3) is 0 Å². The molecule has 9 heteroatoms. The van der Waals surface area contributed by atoms with E-state index in [0.717, 1.165) is 17.1 Å². The molecule has 0 aliphatic heterocycles. The molecule has 1 amide bonds. The zero-order chi connectivity index (χ0) is 16.9. The Bertz CT molecular complexity index is 605. The van der Waals surface area contributed by atoms with Gasteiger partial charge < -0.3 is 10.4 Å². The lowest BCUT2D eigenvalue weighted by molar-refractivity contribution is -0.385. The van der Waals surface area contributed by atoms with Gasteiger partial charge in [-0.3, -0.25) is 19.6 Å². The third-order valence-corrected chi connectivity index (χ3v) is 3.12. The Morgan fingerprint density at radius 3 is 2.68 bits per heavy atom. The van der Waals surface area contributed by atoms with Crippen LogP contribution >= 0.6 is 0 Å². The number of carboxylic acid groups (broad SMARTS) is 1. The van der Waals surface area contributed by atoms with Gasteiger partial charge in [0.25, 0.3) is 0 Å². The van der Waals surface area contributed by atoms with Gasteiger partial charge in [-0.2, -0.15) is 5.10 Å². The molecule has 1 unspecified atom stereocenters. The number of nitro groups is 1. The van der Waals surface area contributed by atoms with Crippen molar-refractivity contribution in [1.82, 2.24) is 15.1 Å². The third kappa shape index (κ3) is 3.90. The molecule has 120 valence electrons. The first kappa shape index (κ1) is 17.3. The highest BCUT2D eigenvalue weighted by atomic mass is 16.6. The van der Waals surface area contributed by atoms with Crippen molar-refractivity contribution in [3.8, 4) is 0 Å². The minimum Gasteiger partial charge on any atom is -0.480 e. The first-order valence-corrected chi connectivity index (χ1v) is 6.54. The monoisotopic (exact) mass is 310 g/mol. The zero-order valence-electron chi connectivity index (χ0n) is 12.5. The second kappa shape index (κ2) is 6.83. The summed E-state index contributed by atoms with van der Waals surface area (Å²) in [6.45, 7) is 4.73. The van der Waals surface area contributed by atoms with Gasteiger partial charge in [0.05, 0.1) is 4.92 Å². The molecule has 0 saturated carbocycles. The highest BCUT2D eigenvalue weighted by Gasteiger charge is 2.34. The minimum atomic E-state index is -1.27. The Hall–Kier alpha value is -2.71. The average Bonchev–Trinajstić information content (AvgIpc) is 2.93. The van der Waals surface area contributed by atoms with Crippen molar-refractivity contribution < 1.29 is 19.6 Å². The Morgan fingerprint density at radius 2 is 2.23 bits per heavy atom. The van der Waals surface area contributed by atoms with Crippen molar-refractivity contribution in [3.05, 3.63) is 34.7 Å².